The van der Waals surface area contributed by atoms with Crippen LogP contribution in [0.3, 0.4) is 0 Å². The van der Waals surface area contributed by atoms with Crippen LogP contribution in [0, 0.1) is 0 Å². The number of ether oxygens (including phenoxy) is 1. The first kappa shape index (κ1) is 20.3. The lowest BCUT2D eigenvalue weighted by molar-refractivity contribution is -0.137. The zero-order chi connectivity index (χ0) is 16.0. The molecule has 0 unspecified atom stereocenters. The molecule has 0 heterocycles. The summed E-state index contributed by atoms with van der Waals surface area (Å²) in [6, 6.07) is 0. The number of esters is 1. The third-order valence-corrected chi connectivity index (χ3v) is 3.36. The molecule has 0 aromatic heterocycles. The highest BCUT2D eigenvalue weighted by Crippen LogP contribution is 2.35. The average molecular weight is 322 g/mol. The Morgan fingerprint density at radius 3 is 1.90 bits per heavy atom. The molecule has 0 bridgehead atoms. The Kier molecular flexibility index (Phi) is 12.6. The van der Waals surface area contributed by atoms with Gasteiger partial charge in [0.1, 0.15) is 0 Å². The van der Waals surface area contributed by atoms with Gasteiger partial charge in [0.25, 0.3) is 0 Å². The molecule has 0 spiro atoms. The fraction of sp³-hybridized carbons (Fsp3) is 0.786. The molecule has 0 aliphatic heterocycles. The maximum Gasteiger partial charge on any atom is 0.469 e. The molecule has 0 saturated heterocycles. The molecule has 0 aliphatic carbocycles. The molecule has 0 aromatic rings. The molecule has 2 N–H and O–H groups in total. The van der Waals surface area contributed by atoms with Crippen molar-refractivity contribution in [3.8, 4) is 0 Å². The number of phosphoric ester groups is 1. The van der Waals surface area contributed by atoms with Gasteiger partial charge in [-0.15, -0.1) is 0 Å². The van der Waals surface area contributed by atoms with Crippen molar-refractivity contribution >= 4 is 13.8 Å². The zero-order valence-corrected chi connectivity index (χ0v) is 13.6. The Labute approximate surface area is 126 Å². The van der Waals surface area contributed by atoms with Crippen LogP contribution in [0.5, 0.6) is 0 Å². The number of allylic oxidation sites excluding steroid dienone is 1. The van der Waals surface area contributed by atoms with Gasteiger partial charge in [-0.1, -0.05) is 44.6 Å². The summed E-state index contributed by atoms with van der Waals surface area (Å²) >= 11 is 0. The third kappa shape index (κ3) is 17.3. The summed E-state index contributed by atoms with van der Waals surface area (Å²) in [6.07, 6.45) is 11.0. The SMILES string of the molecule is CC=CC(=O)OCCCCCCCCCCOP(=O)(O)O. The molecular formula is C14H27O6P. The van der Waals surface area contributed by atoms with E-state index in [4.69, 9.17) is 14.5 Å². The van der Waals surface area contributed by atoms with Gasteiger partial charge in [-0.25, -0.2) is 9.36 Å². The maximum absolute atomic E-state index is 11.0. The molecule has 0 aliphatic rings. The van der Waals surface area contributed by atoms with E-state index < -0.39 is 7.82 Å². The van der Waals surface area contributed by atoms with Crippen LogP contribution >= 0.6 is 7.82 Å². The number of hydrogen-bond acceptors (Lipinski definition) is 4. The summed E-state index contributed by atoms with van der Waals surface area (Å²) in [5.41, 5.74) is 0. The largest absolute Gasteiger partial charge is 0.469 e. The van der Waals surface area contributed by atoms with Crippen LogP contribution in [-0.2, 0) is 18.6 Å². The minimum absolute atomic E-state index is 0.113. The molecule has 0 saturated carbocycles. The molecule has 21 heavy (non-hydrogen) atoms. The van der Waals surface area contributed by atoms with Gasteiger partial charge in [0.2, 0.25) is 0 Å². The van der Waals surface area contributed by atoms with E-state index in [-0.39, 0.29) is 12.6 Å². The minimum Gasteiger partial charge on any atom is -0.463 e. The van der Waals surface area contributed by atoms with Gasteiger partial charge in [-0.05, 0) is 19.8 Å². The van der Waals surface area contributed by atoms with E-state index in [1.54, 1.807) is 13.0 Å². The molecule has 7 heteroatoms. The summed E-state index contributed by atoms with van der Waals surface area (Å²) in [4.78, 5) is 28.0. The first-order valence-electron chi connectivity index (χ1n) is 7.45. The number of carbonyl (C=O) groups is 1. The second-order valence-electron chi connectivity index (χ2n) is 4.82. The highest BCUT2D eigenvalue weighted by Gasteiger charge is 2.12. The molecule has 6 nitrogen and oxygen atoms in total. The smallest absolute Gasteiger partial charge is 0.463 e. The van der Waals surface area contributed by atoms with Crippen molar-refractivity contribution in [2.24, 2.45) is 0 Å². The Morgan fingerprint density at radius 1 is 0.952 bits per heavy atom. The van der Waals surface area contributed by atoms with E-state index in [2.05, 4.69) is 4.52 Å². The Bertz CT molecular complexity index is 336. The molecule has 124 valence electrons. The fourth-order valence-corrected chi connectivity index (χ4v) is 2.17. The lowest BCUT2D eigenvalue weighted by Crippen LogP contribution is -2.01. The van der Waals surface area contributed by atoms with Crippen LogP contribution in [0.1, 0.15) is 58.3 Å². The van der Waals surface area contributed by atoms with Crippen LogP contribution in [0.4, 0.5) is 0 Å². The number of unbranched alkanes of at least 4 members (excludes halogenated alkanes) is 7. The van der Waals surface area contributed by atoms with Crippen LogP contribution < -0.4 is 0 Å². The molecular weight excluding hydrogens is 295 g/mol. The second kappa shape index (κ2) is 13.0. The summed E-state index contributed by atoms with van der Waals surface area (Å²) < 4.78 is 19.7. The summed E-state index contributed by atoms with van der Waals surface area (Å²) in [7, 11) is -4.29. The van der Waals surface area contributed by atoms with E-state index >= 15 is 0 Å². The molecule has 0 aromatic carbocycles. The minimum atomic E-state index is -4.29. The van der Waals surface area contributed by atoms with Gasteiger partial charge in [-0.2, -0.15) is 0 Å². The fourth-order valence-electron chi connectivity index (χ4n) is 1.81. The number of hydrogen-bond donors (Lipinski definition) is 2. The van der Waals surface area contributed by atoms with Crippen molar-refractivity contribution in [2.45, 2.75) is 58.3 Å². The first-order valence-corrected chi connectivity index (χ1v) is 8.98. The lowest BCUT2D eigenvalue weighted by Gasteiger charge is -2.05. The monoisotopic (exact) mass is 322 g/mol. The van der Waals surface area contributed by atoms with Crippen molar-refractivity contribution in [1.82, 2.24) is 0 Å². The highest BCUT2D eigenvalue weighted by molar-refractivity contribution is 7.46. The van der Waals surface area contributed by atoms with Crippen LogP contribution in [0.15, 0.2) is 12.2 Å². The third-order valence-electron chi connectivity index (χ3n) is 2.85. The molecule has 0 rings (SSSR count). The number of phosphoric acid groups is 1. The van der Waals surface area contributed by atoms with Gasteiger partial charge in [0.15, 0.2) is 0 Å². The second-order valence-corrected chi connectivity index (χ2v) is 6.06. The summed E-state index contributed by atoms with van der Waals surface area (Å²) in [5.74, 6) is -0.282. The van der Waals surface area contributed by atoms with E-state index in [1.165, 1.54) is 6.08 Å². The maximum atomic E-state index is 11.0. The Balaban J connectivity index is 3.16. The van der Waals surface area contributed by atoms with Gasteiger partial charge in [0.05, 0.1) is 13.2 Å². The standard InChI is InChI=1S/C14H27O6P/c1-2-11-14(15)19-12-9-7-5-3-4-6-8-10-13-20-21(16,17)18/h2,11H,3-10,12-13H2,1H3,(H2,16,17,18). The van der Waals surface area contributed by atoms with Gasteiger partial charge in [-0.3, -0.25) is 4.52 Å². The Hall–Kier alpha value is -0.680. The lowest BCUT2D eigenvalue weighted by atomic mass is 10.1. The zero-order valence-electron chi connectivity index (χ0n) is 12.7. The van der Waals surface area contributed by atoms with Gasteiger partial charge in [0, 0.05) is 6.08 Å². The average Bonchev–Trinajstić information content (AvgIpc) is 2.39. The number of carbonyl (C=O) groups excluding carboxylic acids is 1. The summed E-state index contributed by atoms with van der Waals surface area (Å²) in [5, 5.41) is 0. The van der Waals surface area contributed by atoms with E-state index in [9.17, 15) is 9.36 Å². The predicted molar refractivity (Wildman–Crippen MR) is 80.7 cm³/mol. The van der Waals surface area contributed by atoms with Crippen LogP contribution in [0.25, 0.3) is 0 Å². The Morgan fingerprint density at radius 2 is 1.43 bits per heavy atom. The molecule has 0 amide bonds. The molecule has 0 fully saturated rings. The normalized spacial score (nSPS) is 12.0. The van der Waals surface area contributed by atoms with Crippen molar-refractivity contribution in [2.75, 3.05) is 13.2 Å². The van der Waals surface area contributed by atoms with Gasteiger partial charge < -0.3 is 14.5 Å². The van der Waals surface area contributed by atoms with Crippen LogP contribution in [0.2, 0.25) is 0 Å². The van der Waals surface area contributed by atoms with Crippen molar-refractivity contribution < 1.29 is 28.4 Å². The van der Waals surface area contributed by atoms with E-state index in [1.807, 2.05) is 0 Å². The van der Waals surface area contributed by atoms with Crippen molar-refractivity contribution in [3.63, 3.8) is 0 Å². The first-order chi connectivity index (χ1) is 9.95. The van der Waals surface area contributed by atoms with Gasteiger partial charge >= 0.3 is 13.8 Å². The topological polar surface area (TPSA) is 93.1 Å². The van der Waals surface area contributed by atoms with Crippen molar-refractivity contribution in [1.29, 1.82) is 0 Å². The van der Waals surface area contributed by atoms with E-state index in [0.717, 1.165) is 44.9 Å². The molecule has 0 atom stereocenters. The van der Waals surface area contributed by atoms with Crippen molar-refractivity contribution in [3.05, 3.63) is 12.2 Å². The highest BCUT2D eigenvalue weighted by atomic mass is 31.2. The predicted octanol–water partition coefficient (Wildman–Crippen LogP) is 3.34. The van der Waals surface area contributed by atoms with E-state index in [0.29, 0.717) is 13.0 Å². The quantitative estimate of drug-likeness (QED) is 0.234. The van der Waals surface area contributed by atoms with Crippen LogP contribution in [-0.4, -0.2) is 29.0 Å². The molecule has 0 radical (unpaired) electrons. The number of rotatable bonds is 13. The summed E-state index contributed by atoms with van der Waals surface area (Å²) in [6.45, 7) is 2.37.